The third-order valence-electron chi connectivity index (χ3n) is 3.64. The van der Waals surface area contributed by atoms with Crippen molar-refractivity contribution in [2.45, 2.75) is 25.8 Å². The molecule has 0 spiro atoms. The number of carbonyl (C=O) groups excluding carboxylic acids is 2. The first-order chi connectivity index (χ1) is 10.6. The molecule has 0 aromatic carbocycles. The Morgan fingerprint density at radius 2 is 2.14 bits per heavy atom. The summed E-state index contributed by atoms with van der Waals surface area (Å²) in [6.45, 7) is 2.43. The number of nitrogens with zero attached hydrogens (tertiary/aromatic N) is 3. The molecule has 3 heterocycles. The van der Waals surface area contributed by atoms with Crippen LogP contribution in [0.15, 0.2) is 29.9 Å². The fourth-order valence-corrected chi connectivity index (χ4v) is 3.32. The zero-order valence-electron chi connectivity index (χ0n) is 12.2. The summed E-state index contributed by atoms with van der Waals surface area (Å²) in [7, 11) is 0. The number of anilines is 1. The van der Waals surface area contributed by atoms with Gasteiger partial charge in [0.15, 0.2) is 5.13 Å². The van der Waals surface area contributed by atoms with Crippen molar-refractivity contribution in [2.75, 3.05) is 11.9 Å². The molecule has 2 aromatic rings. The molecule has 1 aliphatic rings. The van der Waals surface area contributed by atoms with Gasteiger partial charge < -0.3 is 4.90 Å². The molecule has 2 aromatic heterocycles. The van der Waals surface area contributed by atoms with E-state index >= 15 is 0 Å². The second-order valence-electron chi connectivity index (χ2n) is 5.19. The van der Waals surface area contributed by atoms with Crippen LogP contribution in [-0.2, 0) is 9.59 Å². The number of rotatable bonds is 2. The fraction of sp³-hybridized carbons (Fsp3) is 0.333. The Balaban J connectivity index is 1.72. The molecule has 7 heteroatoms. The number of aromatic nitrogens is 2. The number of carbonyl (C=O) groups is 2. The highest BCUT2D eigenvalue weighted by Crippen LogP contribution is 2.31. The molecule has 1 aliphatic heterocycles. The maximum Gasteiger partial charge on any atom is 0.315 e. The molecule has 1 saturated heterocycles. The van der Waals surface area contributed by atoms with Crippen molar-refractivity contribution in [3.63, 3.8) is 0 Å². The van der Waals surface area contributed by atoms with Gasteiger partial charge in [-0.15, -0.1) is 11.3 Å². The lowest BCUT2D eigenvalue weighted by Gasteiger charge is -2.24. The molecule has 1 atom stereocenters. The second-order valence-corrected chi connectivity index (χ2v) is 6.04. The van der Waals surface area contributed by atoms with E-state index in [0.29, 0.717) is 11.7 Å². The van der Waals surface area contributed by atoms with E-state index < -0.39 is 11.8 Å². The summed E-state index contributed by atoms with van der Waals surface area (Å²) in [4.78, 5) is 34.3. The summed E-state index contributed by atoms with van der Waals surface area (Å²) in [5.41, 5.74) is 1.84. The molecule has 1 N–H and O–H groups in total. The number of likely N-dealkylation sites (tertiary alicyclic amines) is 1. The summed E-state index contributed by atoms with van der Waals surface area (Å²) >= 11 is 1.31. The first-order valence-corrected chi connectivity index (χ1v) is 7.97. The van der Waals surface area contributed by atoms with Gasteiger partial charge in [-0.05, 0) is 37.5 Å². The summed E-state index contributed by atoms with van der Waals surface area (Å²) < 4.78 is 0. The average Bonchev–Trinajstić information content (AvgIpc) is 3.16. The van der Waals surface area contributed by atoms with E-state index in [1.54, 1.807) is 17.3 Å². The molecule has 1 unspecified atom stereocenters. The summed E-state index contributed by atoms with van der Waals surface area (Å²) in [5.74, 6) is -1.14. The summed E-state index contributed by atoms with van der Waals surface area (Å²) in [6, 6.07) is 3.72. The Bertz CT molecular complexity index is 686. The Hall–Kier alpha value is -2.28. The van der Waals surface area contributed by atoms with Gasteiger partial charge in [0, 0.05) is 24.3 Å². The fourth-order valence-electron chi connectivity index (χ4n) is 2.63. The smallest absolute Gasteiger partial charge is 0.315 e. The van der Waals surface area contributed by atoms with Crippen molar-refractivity contribution in [3.8, 4) is 0 Å². The van der Waals surface area contributed by atoms with Gasteiger partial charge in [0.2, 0.25) is 0 Å². The van der Waals surface area contributed by atoms with Gasteiger partial charge in [0.25, 0.3) is 0 Å². The normalized spacial score (nSPS) is 17.5. The third-order valence-corrected chi connectivity index (χ3v) is 4.51. The van der Waals surface area contributed by atoms with Crippen molar-refractivity contribution in [3.05, 3.63) is 41.2 Å². The monoisotopic (exact) mass is 316 g/mol. The van der Waals surface area contributed by atoms with Crippen molar-refractivity contribution in [1.82, 2.24) is 14.9 Å². The highest BCUT2D eigenvalue weighted by Gasteiger charge is 2.33. The predicted molar refractivity (Wildman–Crippen MR) is 83.4 cm³/mol. The van der Waals surface area contributed by atoms with Gasteiger partial charge in [-0.25, -0.2) is 4.98 Å². The van der Waals surface area contributed by atoms with Crippen LogP contribution in [0.3, 0.4) is 0 Å². The minimum Gasteiger partial charge on any atom is -0.327 e. The van der Waals surface area contributed by atoms with Crippen LogP contribution in [0.4, 0.5) is 5.13 Å². The third kappa shape index (κ3) is 2.99. The maximum atomic E-state index is 12.4. The molecule has 114 valence electrons. The van der Waals surface area contributed by atoms with Gasteiger partial charge in [-0.1, -0.05) is 0 Å². The van der Waals surface area contributed by atoms with E-state index in [1.807, 2.05) is 24.4 Å². The van der Waals surface area contributed by atoms with Crippen LogP contribution < -0.4 is 5.32 Å². The molecule has 2 amide bonds. The van der Waals surface area contributed by atoms with Gasteiger partial charge in [-0.2, -0.15) is 0 Å². The van der Waals surface area contributed by atoms with E-state index in [0.717, 1.165) is 24.1 Å². The van der Waals surface area contributed by atoms with Crippen LogP contribution in [-0.4, -0.2) is 33.2 Å². The van der Waals surface area contributed by atoms with Crippen LogP contribution in [0.1, 0.15) is 30.1 Å². The topological polar surface area (TPSA) is 75.2 Å². The van der Waals surface area contributed by atoms with Gasteiger partial charge >= 0.3 is 11.8 Å². The van der Waals surface area contributed by atoms with Crippen molar-refractivity contribution < 1.29 is 9.59 Å². The standard InChI is InChI=1S/C15H16N4O2S/c1-10-9-22-15(17-10)18-13(20)14(21)19-8-2-3-12(19)11-4-6-16-7-5-11/h4-7,9,12H,2-3,8H2,1H3,(H,17,18,20). The first-order valence-electron chi connectivity index (χ1n) is 7.09. The van der Waals surface area contributed by atoms with Gasteiger partial charge in [-0.3, -0.25) is 19.9 Å². The Labute approximate surface area is 132 Å². The molecular formula is C15H16N4O2S. The number of hydrogen-bond acceptors (Lipinski definition) is 5. The average molecular weight is 316 g/mol. The molecule has 0 aliphatic carbocycles. The minimum absolute atomic E-state index is 0.0562. The number of aryl methyl sites for hydroxylation is 1. The second kappa shape index (κ2) is 6.23. The molecule has 0 bridgehead atoms. The minimum atomic E-state index is -0.629. The molecule has 3 rings (SSSR count). The van der Waals surface area contributed by atoms with Crippen LogP contribution in [0.25, 0.3) is 0 Å². The van der Waals surface area contributed by atoms with Crippen molar-refractivity contribution >= 4 is 28.3 Å². The van der Waals surface area contributed by atoms with E-state index in [-0.39, 0.29) is 6.04 Å². The van der Waals surface area contributed by atoms with E-state index in [1.165, 1.54) is 11.3 Å². The van der Waals surface area contributed by atoms with Crippen LogP contribution in [0.2, 0.25) is 0 Å². The SMILES string of the molecule is Cc1csc(NC(=O)C(=O)N2CCCC2c2ccncc2)n1. The largest absolute Gasteiger partial charge is 0.327 e. The summed E-state index contributed by atoms with van der Waals surface area (Å²) in [6.07, 6.45) is 5.16. The Kier molecular flexibility index (Phi) is 4.15. The number of nitrogens with one attached hydrogen (secondary N) is 1. The predicted octanol–water partition coefficient (Wildman–Crippen LogP) is 2.15. The van der Waals surface area contributed by atoms with Crippen molar-refractivity contribution in [2.24, 2.45) is 0 Å². The lowest BCUT2D eigenvalue weighted by Crippen LogP contribution is -2.39. The molecular weight excluding hydrogens is 300 g/mol. The molecule has 1 fully saturated rings. The number of pyridine rings is 1. The van der Waals surface area contributed by atoms with E-state index in [2.05, 4.69) is 15.3 Å². The van der Waals surface area contributed by atoms with Gasteiger partial charge in [0.1, 0.15) is 0 Å². The molecule has 0 saturated carbocycles. The summed E-state index contributed by atoms with van der Waals surface area (Å²) in [5, 5.41) is 4.86. The number of thiazole rings is 1. The number of amides is 2. The first kappa shape index (κ1) is 14.6. The lowest BCUT2D eigenvalue weighted by molar-refractivity contribution is -0.143. The van der Waals surface area contributed by atoms with Crippen molar-refractivity contribution in [1.29, 1.82) is 0 Å². The number of hydrogen-bond donors (Lipinski definition) is 1. The van der Waals surface area contributed by atoms with E-state index in [9.17, 15) is 9.59 Å². The highest BCUT2D eigenvalue weighted by molar-refractivity contribution is 7.14. The highest BCUT2D eigenvalue weighted by atomic mass is 32.1. The lowest BCUT2D eigenvalue weighted by atomic mass is 10.1. The molecule has 22 heavy (non-hydrogen) atoms. The van der Waals surface area contributed by atoms with Crippen LogP contribution in [0.5, 0.6) is 0 Å². The van der Waals surface area contributed by atoms with Crippen LogP contribution in [0, 0.1) is 6.92 Å². The Morgan fingerprint density at radius 1 is 1.36 bits per heavy atom. The van der Waals surface area contributed by atoms with Crippen LogP contribution >= 0.6 is 11.3 Å². The quantitative estimate of drug-likeness (QED) is 0.861. The zero-order chi connectivity index (χ0) is 15.5. The zero-order valence-corrected chi connectivity index (χ0v) is 13.0. The van der Waals surface area contributed by atoms with E-state index in [4.69, 9.17) is 0 Å². The molecule has 6 nitrogen and oxygen atoms in total. The van der Waals surface area contributed by atoms with Gasteiger partial charge in [0.05, 0.1) is 11.7 Å². The Morgan fingerprint density at radius 3 is 2.82 bits per heavy atom. The molecule has 0 radical (unpaired) electrons. The maximum absolute atomic E-state index is 12.4.